The Morgan fingerprint density at radius 3 is 3.06 bits per heavy atom. The van der Waals surface area contributed by atoms with Gasteiger partial charge in [-0.05, 0) is 31.7 Å². The molecule has 90 valence electrons. The van der Waals surface area contributed by atoms with E-state index in [2.05, 4.69) is 28.7 Å². The van der Waals surface area contributed by atoms with Crippen molar-refractivity contribution in [3.63, 3.8) is 0 Å². The van der Waals surface area contributed by atoms with Crippen LogP contribution in [0.5, 0.6) is 5.75 Å². The lowest BCUT2D eigenvalue weighted by atomic mass is 10.2. The minimum Gasteiger partial charge on any atom is -0.486 e. The number of rotatable bonds is 5. The number of aryl methyl sites for hydroxylation is 1. The van der Waals surface area contributed by atoms with Crippen LogP contribution < -0.4 is 10.1 Å². The van der Waals surface area contributed by atoms with Gasteiger partial charge in [0.2, 0.25) is 0 Å². The van der Waals surface area contributed by atoms with E-state index in [1.54, 1.807) is 11.3 Å². The van der Waals surface area contributed by atoms with Crippen LogP contribution in [0.25, 0.3) is 0 Å². The van der Waals surface area contributed by atoms with Gasteiger partial charge in [0.05, 0.1) is 5.69 Å². The SMILES string of the molecule is CNCc1csc(COc2cccc(C)c2)n1. The summed E-state index contributed by atoms with van der Waals surface area (Å²) in [6.45, 7) is 3.40. The molecule has 4 heteroatoms. The summed E-state index contributed by atoms with van der Waals surface area (Å²) in [6, 6.07) is 8.05. The molecule has 3 nitrogen and oxygen atoms in total. The Balaban J connectivity index is 1.93. The zero-order valence-corrected chi connectivity index (χ0v) is 10.9. The number of benzene rings is 1. The van der Waals surface area contributed by atoms with Crippen LogP contribution in [0.3, 0.4) is 0 Å². The van der Waals surface area contributed by atoms with E-state index in [0.29, 0.717) is 6.61 Å². The molecular weight excluding hydrogens is 232 g/mol. The van der Waals surface area contributed by atoms with Gasteiger partial charge in [-0.2, -0.15) is 0 Å². The van der Waals surface area contributed by atoms with E-state index in [4.69, 9.17) is 4.74 Å². The average molecular weight is 248 g/mol. The number of nitrogens with one attached hydrogen (secondary N) is 1. The van der Waals surface area contributed by atoms with Gasteiger partial charge in [0.25, 0.3) is 0 Å². The maximum atomic E-state index is 5.69. The Morgan fingerprint density at radius 1 is 1.41 bits per heavy atom. The molecule has 1 heterocycles. The van der Waals surface area contributed by atoms with Crippen LogP contribution in [0.4, 0.5) is 0 Å². The molecule has 0 fully saturated rings. The Kier molecular flexibility index (Phi) is 4.12. The average Bonchev–Trinajstić information content (AvgIpc) is 2.75. The largest absolute Gasteiger partial charge is 0.486 e. The van der Waals surface area contributed by atoms with Crippen LogP contribution in [0.15, 0.2) is 29.6 Å². The maximum Gasteiger partial charge on any atom is 0.140 e. The molecular formula is C13H16N2OS. The Labute approximate surface area is 105 Å². The number of ether oxygens (including phenoxy) is 1. The minimum atomic E-state index is 0.540. The van der Waals surface area contributed by atoms with Gasteiger partial charge in [-0.1, -0.05) is 12.1 Å². The van der Waals surface area contributed by atoms with Gasteiger partial charge in [0.1, 0.15) is 17.4 Å². The summed E-state index contributed by atoms with van der Waals surface area (Å²) in [7, 11) is 1.92. The van der Waals surface area contributed by atoms with Crippen LogP contribution in [0.1, 0.15) is 16.3 Å². The van der Waals surface area contributed by atoms with Crippen molar-refractivity contribution >= 4 is 11.3 Å². The highest BCUT2D eigenvalue weighted by molar-refractivity contribution is 7.09. The predicted molar refractivity (Wildman–Crippen MR) is 70.4 cm³/mol. The second kappa shape index (κ2) is 5.80. The molecule has 1 aromatic carbocycles. The van der Waals surface area contributed by atoms with E-state index in [1.165, 1.54) is 5.56 Å². The molecule has 17 heavy (non-hydrogen) atoms. The van der Waals surface area contributed by atoms with Crippen molar-refractivity contribution in [3.05, 3.63) is 45.9 Å². The van der Waals surface area contributed by atoms with Gasteiger partial charge in [-0.25, -0.2) is 4.98 Å². The minimum absolute atomic E-state index is 0.540. The molecule has 2 rings (SSSR count). The summed E-state index contributed by atoms with van der Waals surface area (Å²) in [4.78, 5) is 4.47. The molecule has 0 saturated heterocycles. The smallest absolute Gasteiger partial charge is 0.140 e. The quantitative estimate of drug-likeness (QED) is 0.883. The van der Waals surface area contributed by atoms with Crippen LogP contribution in [-0.4, -0.2) is 12.0 Å². The van der Waals surface area contributed by atoms with E-state index >= 15 is 0 Å². The van der Waals surface area contributed by atoms with Gasteiger partial charge < -0.3 is 10.1 Å². The standard InChI is InChI=1S/C13H16N2OS/c1-10-4-3-5-12(6-10)16-8-13-15-11(7-14-2)9-17-13/h3-6,9,14H,7-8H2,1-2H3. The third-order valence-electron chi connectivity index (χ3n) is 2.31. The van der Waals surface area contributed by atoms with Gasteiger partial charge in [0, 0.05) is 11.9 Å². The second-order valence-electron chi connectivity index (χ2n) is 3.87. The Morgan fingerprint density at radius 2 is 2.29 bits per heavy atom. The zero-order chi connectivity index (χ0) is 12.1. The third-order valence-corrected chi connectivity index (χ3v) is 3.18. The number of hydrogen-bond acceptors (Lipinski definition) is 4. The molecule has 0 unspecified atom stereocenters. The summed E-state index contributed by atoms with van der Waals surface area (Å²) in [5.74, 6) is 0.898. The molecule has 0 aliphatic rings. The lowest BCUT2D eigenvalue weighted by Gasteiger charge is -2.04. The molecule has 2 aromatic rings. The van der Waals surface area contributed by atoms with E-state index in [-0.39, 0.29) is 0 Å². The van der Waals surface area contributed by atoms with Crippen molar-refractivity contribution in [1.82, 2.24) is 10.3 Å². The lowest BCUT2D eigenvalue weighted by Crippen LogP contribution is -2.05. The van der Waals surface area contributed by atoms with E-state index < -0.39 is 0 Å². The number of aromatic nitrogens is 1. The molecule has 0 aliphatic heterocycles. The molecule has 1 N–H and O–H groups in total. The van der Waals surface area contributed by atoms with Crippen LogP contribution >= 0.6 is 11.3 Å². The first-order chi connectivity index (χ1) is 8.28. The van der Waals surface area contributed by atoms with Gasteiger partial charge >= 0.3 is 0 Å². The van der Waals surface area contributed by atoms with Crippen molar-refractivity contribution in [2.75, 3.05) is 7.05 Å². The fraction of sp³-hybridized carbons (Fsp3) is 0.308. The van der Waals surface area contributed by atoms with E-state index in [0.717, 1.165) is 23.0 Å². The van der Waals surface area contributed by atoms with Crippen molar-refractivity contribution in [2.45, 2.75) is 20.1 Å². The summed E-state index contributed by atoms with van der Waals surface area (Å²) >= 11 is 1.64. The zero-order valence-electron chi connectivity index (χ0n) is 10.1. The third kappa shape index (κ3) is 3.54. The fourth-order valence-electron chi connectivity index (χ4n) is 1.53. The van der Waals surface area contributed by atoms with Crippen molar-refractivity contribution < 1.29 is 4.74 Å². The normalized spacial score (nSPS) is 10.5. The highest BCUT2D eigenvalue weighted by atomic mass is 32.1. The maximum absolute atomic E-state index is 5.69. The Hall–Kier alpha value is -1.39. The van der Waals surface area contributed by atoms with Crippen molar-refractivity contribution in [2.24, 2.45) is 0 Å². The Bertz CT molecular complexity index is 482. The molecule has 0 saturated carbocycles. The first kappa shape index (κ1) is 12.1. The monoisotopic (exact) mass is 248 g/mol. The van der Waals surface area contributed by atoms with Gasteiger partial charge in [-0.3, -0.25) is 0 Å². The number of thiazole rings is 1. The lowest BCUT2D eigenvalue weighted by molar-refractivity contribution is 0.305. The molecule has 1 aromatic heterocycles. The first-order valence-corrected chi connectivity index (χ1v) is 6.43. The van der Waals surface area contributed by atoms with Gasteiger partial charge in [0.15, 0.2) is 0 Å². The molecule has 0 radical (unpaired) electrons. The topological polar surface area (TPSA) is 34.1 Å². The molecule has 0 amide bonds. The summed E-state index contributed by atoms with van der Waals surface area (Å²) in [5.41, 5.74) is 2.28. The molecule has 0 bridgehead atoms. The summed E-state index contributed by atoms with van der Waals surface area (Å²) in [5, 5.41) is 6.15. The first-order valence-electron chi connectivity index (χ1n) is 5.55. The van der Waals surface area contributed by atoms with E-state index in [1.807, 2.05) is 25.2 Å². The summed E-state index contributed by atoms with van der Waals surface area (Å²) < 4.78 is 5.69. The van der Waals surface area contributed by atoms with Gasteiger partial charge in [-0.15, -0.1) is 11.3 Å². The number of nitrogens with zero attached hydrogens (tertiary/aromatic N) is 1. The summed E-state index contributed by atoms with van der Waals surface area (Å²) in [6.07, 6.45) is 0. The van der Waals surface area contributed by atoms with Crippen molar-refractivity contribution in [1.29, 1.82) is 0 Å². The molecule has 0 spiro atoms. The number of hydrogen-bond donors (Lipinski definition) is 1. The fourth-order valence-corrected chi connectivity index (χ4v) is 2.23. The second-order valence-corrected chi connectivity index (χ2v) is 4.81. The highest BCUT2D eigenvalue weighted by Gasteiger charge is 2.02. The van der Waals surface area contributed by atoms with E-state index in [9.17, 15) is 0 Å². The predicted octanol–water partition coefficient (Wildman–Crippen LogP) is 2.75. The molecule has 0 atom stereocenters. The highest BCUT2D eigenvalue weighted by Crippen LogP contribution is 2.16. The van der Waals surface area contributed by atoms with Crippen LogP contribution in [-0.2, 0) is 13.2 Å². The van der Waals surface area contributed by atoms with Crippen molar-refractivity contribution in [3.8, 4) is 5.75 Å². The van der Waals surface area contributed by atoms with Crippen LogP contribution in [0, 0.1) is 6.92 Å². The van der Waals surface area contributed by atoms with Crippen LogP contribution in [0.2, 0.25) is 0 Å². The molecule has 0 aliphatic carbocycles.